The molecule has 0 fully saturated rings. The molecule has 1 heterocycles. The molecule has 158 valence electrons. The number of hydrogen-bond acceptors (Lipinski definition) is 3. The second-order valence-corrected chi connectivity index (χ2v) is 8.50. The highest BCUT2D eigenvalue weighted by Crippen LogP contribution is 2.33. The fraction of sp³-hybridized carbons (Fsp3) is 0.167. The van der Waals surface area contributed by atoms with E-state index >= 15 is 0 Å². The summed E-state index contributed by atoms with van der Waals surface area (Å²) in [5.74, 6) is 0.478. The van der Waals surface area contributed by atoms with E-state index < -0.39 is 5.91 Å². The zero-order valence-corrected chi connectivity index (χ0v) is 19.1. The van der Waals surface area contributed by atoms with Crippen LogP contribution in [-0.2, 0) is 0 Å². The summed E-state index contributed by atoms with van der Waals surface area (Å²) in [4.78, 5) is 17.3. The smallest absolute Gasteiger partial charge is 0.257 e. The highest BCUT2D eigenvalue weighted by molar-refractivity contribution is 6.44. The van der Waals surface area contributed by atoms with Crippen molar-refractivity contribution in [3.8, 4) is 11.5 Å². The quantitative estimate of drug-likeness (QED) is 0.317. The van der Waals surface area contributed by atoms with Crippen LogP contribution < -0.4 is 5.32 Å². The first-order valence-electron chi connectivity index (χ1n) is 9.83. The summed E-state index contributed by atoms with van der Waals surface area (Å²) in [5.41, 5.74) is 4.08. The Morgan fingerprint density at radius 2 is 1.87 bits per heavy atom. The maximum absolute atomic E-state index is 12.7. The van der Waals surface area contributed by atoms with Gasteiger partial charge >= 0.3 is 0 Å². The van der Waals surface area contributed by atoms with Crippen molar-refractivity contribution < 1.29 is 9.21 Å². The molecule has 0 spiro atoms. The third-order valence-electron chi connectivity index (χ3n) is 5.25. The van der Waals surface area contributed by atoms with Gasteiger partial charge in [0.1, 0.15) is 5.52 Å². The molecule has 4 nitrogen and oxygen atoms in total. The van der Waals surface area contributed by atoms with Crippen LogP contribution in [0.2, 0.25) is 15.1 Å². The lowest BCUT2D eigenvalue weighted by Gasteiger charge is -2.10. The van der Waals surface area contributed by atoms with E-state index in [9.17, 15) is 4.79 Å². The van der Waals surface area contributed by atoms with Gasteiger partial charge in [0.15, 0.2) is 5.58 Å². The molecule has 0 unspecified atom stereocenters. The highest BCUT2D eigenvalue weighted by atomic mass is 35.5. The lowest BCUT2D eigenvalue weighted by molar-refractivity contribution is 0.102. The Hall–Kier alpha value is -2.53. The Morgan fingerprint density at radius 1 is 1.06 bits per heavy atom. The Balaban J connectivity index is 1.66. The van der Waals surface area contributed by atoms with Gasteiger partial charge in [-0.3, -0.25) is 4.79 Å². The summed E-state index contributed by atoms with van der Waals surface area (Å²) in [6, 6.07) is 16.1. The standard InChI is InChI=1S/C24H19Cl3N2O2/c1-3-13(2)14-8-10-21-20(11-14)29-24(31-21)15-7-9-17(25)19(12-15)28-23(30)16-5-4-6-18(26)22(16)27/h4-13H,3H2,1-2H3,(H,28,30)/t13-/m1/s1. The molecule has 0 aliphatic heterocycles. The number of fused-ring (bicyclic) bond motifs is 1. The van der Waals surface area contributed by atoms with Crippen molar-refractivity contribution in [3.63, 3.8) is 0 Å². The molecule has 0 radical (unpaired) electrons. The SMILES string of the molecule is CC[C@@H](C)c1ccc2oc(-c3ccc(Cl)c(NC(=O)c4cccc(Cl)c4Cl)c3)nc2c1. The van der Waals surface area contributed by atoms with E-state index in [1.54, 1.807) is 36.4 Å². The Morgan fingerprint density at radius 3 is 2.65 bits per heavy atom. The first-order chi connectivity index (χ1) is 14.9. The molecule has 31 heavy (non-hydrogen) atoms. The number of aromatic nitrogens is 1. The predicted octanol–water partition coefficient (Wildman–Crippen LogP) is 8.22. The molecule has 1 amide bonds. The Labute approximate surface area is 195 Å². The average molecular weight is 474 g/mol. The molecular formula is C24H19Cl3N2O2. The fourth-order valence-corrected chi connectivity index (χ4v) is 3.78. The molecule has 0 saturated carbocycles. The zero-order chi connectivity index (χ0) is 22.1. The number of nitrogens with one attached hydrogen (secondary N) is 1. The molecule has 3 aromatic carbocycles. The Kier molecular flexibility index (Phi) is 6.24. The van der Waals surface area contributed by atoms with Gasteiger partial charge in [0.25, 0.3) is 5.91 Å². The van der Waals surface area contributed by atoms with Gasteiger partial charge in [0.05, 0.1) is 26.3 Å². The highest BCUT2D eigenvalue weighted by Gasteiger charge is 2.16. The summed E-state index contributed by atoms with van der Waals surface area (Å²) < 4.78 is 5.94. The summed E-state index contributed by atoms with van der Waals surface area (Å²) in [7, 11) is 0. The van der Waals surface area contributed by atoms with Gasteiger partial charge in [-0.15, -0.1) is 0 Å². The number of carbonyl (C=O) groups is 1. The second-order valence-electron chi connectivity index (χ2n) is 7.31. The minimum atomic E-state index is -0.415. The maximum Gasteiger partial charge on any atom is 0.257 e. The molecule has 0 bridgehead atoms. The van der Waals surface area contributed by atoms with Crippen molar-refractivity contribution in [2.45, 2.75) is 26.2 Å². The number of rotatable bonds is 5. The molecule has 0 saturated heterocycles. The normalized spacial score (nSPS) is 12.2. The molecule has 1 aromatic heterocycles. The van der Waals surface area contributed by atoms with Crippen LogP contribution in [0.25, 0.3) is 22.6 Å². The first-order valence-corrected chi connectivity index (χ1v) is 11.0. The number of anilines is 1. The molecule has 1 N–H and O–H groups in total. The summed E-state index contributed by atoms with van der Waals surface area (Å²) in [6.45, 7) is 4.34. The summed E-state index contributed by atoms with van der Waals surface area (Å²) in [6.07, 6.45) is 1.05. The number of oxazole rings is 1. The third kappa shape index (κ3) is 4.42. The van der Waals surface area contributed by atoms with Gasteiger partial charge < -0.3 is 9.73 Å². The number of amides is 1. The molecule has 4 rings (SSSR count). The van der Waals surface area contributed by atoms with Crippen LogP contribution in [0.1, 0.15) is 42.1 Å². The van der Waals surface area contributed by atoms with Gasteiger partial charge in [-0.05, 0) is 60.4 Å². The van der Waals surface area contributed by atoms with Crippen LogP contribution >= 0.6 is 34.8 Å². The number of halogens is 3. The van der Waals surface area contributed by atoms with Gasteiger partial charge in [-0.2, -0.15) is 0 Å². The number of carbonyl (C=O) groups excluding carboxylic acids is 1. The van der Waals surface area contributed by atoms with E-state index in [4.69, 9.17) is 39.2 Å². The average Bonchev–Trinajstić information content (AvgIpc) is 3.19. The van der Waals surface area contributed by atoms with Crippen molar-refractivity contribution in [2.75, 3.05) is 5.32 Å². The number of nitrogens with zero attached hydrogens (tertiary/aromatic N) is 1. The van der Waals surface area contributed by atoms with Gasteiger partial charge in [-0.1, -0.05) is 60.8 Å². The van der Waals surface area contributed by atoms with Crippen LogP contribution in [-0.4, -0.2) is 10.9 Å². The third-order valence-corrected chi connectivity index (χ3v) is 6.40. The monoisotopic (exact) mass is 472 g/mol. The molecule has 7 heteroatoms. The molecule has 1 atom stereocenters. The van der Waals surface area contributed by atoms with Gasteiger partial charge in [-0.25, -0.2) is 4.98 Å². The van der Waals surface area contributed by atoms with E-state index in [0.717, 1.165) is 11.9 Å². The van der Waals surface area contributed by atoms with Crippen LogP contribution in [0.3, 0.4) is 0 Å². The van der Waals surface area contributed by atoms with Crippen LogP contribution in [0.5, 0.6) is 0 Å². The molecule has 0 aliphatic rings. The maximum atomic E-state index is 12.7. The minimum Gasteiger partial charge on any atom is -0.436 e. The van der Waals surface area contributed by atoms with Crippen molar-refractivity contribution >= 4 is 57.5 Å². The minimum absolute atomic E-state index is 0.185. The van der Waals surface area contributed by atoms with Crippen molar-refractivity contribution in [2.24, 2.45) is 0 Å². The predicted molar refractivity (Wildman–Crippen MR) is 128 cm³/mol. The van der Waals surface area contributed by atoms with Crippen molar-refractivity contribution in [1.29, 1.82) is 0 Å². The second kappa shape index (κ2) is 8.91. The number of benzene rings is 3. The van der Waals surface area contributed by atoms with Gasteiger partial charge in [0.2, 0.25) is 5.89 Å². The fourth-order valence-electron chi connectivity index (χ4n) is 3.23. The van der Waals surface area contributed by atoms with E-state index in [0.29, 0.717) is 38.7 Å². The van der Waals surface area contributed by atoms with E-state index in [1.165, 1.54) is 5.56 Å². The lowest BCUT2D eigenvalue weighted by atomic mass is 9.98. The molecule has 4 aromatic rings. The topological polar surface area (TPSA) is 55.1 Å². The summed E-state index contributed by atoms with van der Waals surface area (Å²) in [5, 5.41) is 3.66. The largest absolute Gasteiger partial charge is 0.436 e. The van der Waals surface area contributed by atoms with Crippen LogP contribution in [0.15, 0.2) is 59.0 Å². The van der Waals surface area contributed by atoms with Gasteiger partial charge in [0, 0.05) is 5.56 Å². The molecular weight excluding hydrogens is 455 g/mol. The van der Waals surface area contributed by atoms with Crippen LogP contribution in [0, 0.1) is 0 Å². The van der Waals surface area contributed by atoms with Crippen molar-refractivity contribution in [1.82, 2.24) is 4.98 Å². The van der Waals surface area contributed by atoms with E-state index in [2.05, 4.69) is 36.3 Å². The number of hydrogen-bond donors (Lipinski definition) is 1. The van der Waals surface area contributed by atoms with E-state index in [1.807, 2.05) is 6.07 Å². The molecule has 0 aliphatic carbocycles. The zero-order valence-electron chi connectivity index (χ0n) is 16.9. The first kappa shape index (κ1) is 21.7. The summed E-state index contributed by atoms with van der Waals surface area (Å²) >= 11 is 18.5. The van der Waals surface area contributed by atoms with E-state index in [-0.39, 0.29) is 10.6 Å². The lowest BCUT2D eigenvalue weighted by Crippen LogP contribution is -2.13. The van der Waals surface area contributed by atoms with Crippen molar-refractivity contribution in [3.05, 3.63) is 80.8 Å². The Bertz CT molecular complexity index is 1280. The van der Waals surface area contributed by atoms with Crippen LogP contribution in [0.4, 0.5) is 5.69 Å².